The second-order valence-electron chi connectivity index (χ2n) is 5.49. The Labute approximate surface area is 119 Å². The quantitative estimate of drug-likeness (QED) is 0.811. The number of aliphatic hydroxyl groups is 2. The Balaban J connectivity index is 1.84. The first-order valence-electron chi connectivity index (χ1n) is 6.93. The standard InChI is InChI=1S/C16H21NO3/c1-17(10-12-7-8-14(18)15(19)9-12)11-16(20)13-5-3-2-4-6-13/h2-6,12,18-19H,7-11H2,1H3. The third-order valence-electron chi connectivity index (χ3n) is 3.68. The van der Waals surface area contributed by atoms with Crippen molar-refractivity contribution >= 4 is 5.78 Å². The molecule has 1 aromatic carbocycles. The molecule has 20 heavy (non-hydrogen) atoms. The molecule has 0 radical (unpaired) electrons. The second kappa shape index (κ2) is 6.57. The number of allylic oxidation sites excluding steroid dienone is 2. The summed E-state index contributed by atoms with van der Waals surface area (Å²) in [5, 5.41) is 19.0. The Morgan fingerprint density at radius 1 is 1.25 bits per heavy atom. The maximum atomic E-state index is 12.1. The van der Waals surface area contributed by atoms with Gasteiger partial charge in [-0.3, -0.25) is 9.69 Å². The molecule has 1 atom stereocenters. The molecule has 0 aliphatic heterocycles. The van der Waals surface area contributed by atoms with E-state index in [4.69, 9.17) is 0 Å². The highest BCUT2D eigenvalue weighted by Crippen LogP contribution is 2.26. The van der Waals surface area contributed by atoms with Crippen LogP contribution in [0.3, 0.4) is 0 Å². The fourth-order valence-corrected chi connectivity index (χ4v) is 2.60. The van der Waals surface area contributed by atoms with Crippen molar-refractivity contribution in [1.29, 1.82) is 0 Å². The number of hydrogen-bond acceptors (Lipinski definition) is 4. The highest BCUT2D eigenvalue weighted by atomic mass is 16.3. The van der Waals surface area contributed by atoms with Crippen LogP contribution >= 0.6 is 0 Å². The Bertz CT molecular complexity index is 496. The summed E-state index contributed by atoms with van der Waals surface area (Å²) in [6.45, 7) is 1.12. The highest BCUT2D eigenvalue weighted by molar-refractivity contribution is 5.97. The molecule has 0 heterocycles. The van der Waals surface area contributed by atoms with E-state index in [1.807, 2.05) is 42.3 Å². The zero-order chi connectivity index (χ0) is 14.5. The van der Waals surface area contributed by atoms with Gasteiger partial charge in [-0.1, -0.05) is 30.3 Å². The summed E-state index contributed by atoms with van der Waals surface area (Å²) in [6.07, 6.45) is 1.87. The number of hydrogen-bond donors (Lipinski definition) is 2. The average Bonchev–Trinajstić information content (AvgIpc) is 2.44. The van der Waals surface area contributed by atoms with Crippen LogP contribution in [0, 0.1) is 5.92 Å². The Hall–Kier alpha value is -1.81. The summed E-state index contributed by atoms with van der Waals surface area (Å²) in [4.78, 5) is 14.1. The van der Waals surface area contributed by atoms with Crippen LogP contribution in [0.5, 0.6) is 0 Å². The third kappa shape index (κ3) is 3.84. The van der Waals surface area contributed by atoms with Crippen molar-refractivity contribution in [2.75, 3.05) is 20.1 Å². The topological polar surface area (TPSA) is 60.8 Å². The molecule has 0 aromatic heterocycles. The molecular weight excluding hydrogens is 254 g/mol. The zero-order valence-electron chi connectivity index (χ0n) is 11.7. The van der Waals surface area contributed by atoms with Gasteiger partial charge in [-0.05, 0) is 19.4 Å². The number of nitrogens with zero attached hydrogens (tertiary/aromatic N) is 1. The minimum atomic E-state index is 0.101. The first-order valence-corrected chi connectivity index (χ1v) is 6.93. The molecule has 1 unspecified atom stereocenters. The van der Waals surface area contributed by atoms with Crippen molar-refractivity contribution in [2.45, 2.75) is 19.3 Å². The van der Waals surface area contributed by atoms with E-state index >= 15 is 0 Å². The van der Waals surface area contributed by atoms with Crippen LogP contribution in [0.25, 0.3) is 0 Å². The lowest BCUT2D eigenvalue weighted by molar-refractivity contribution is 0.0931. The van der Waals surface area contributed by atoms with Crippen molar-refractivity contribution < 1.29 is 15.0 Å². The van der Waals surface area contributed by atoms with Crippen molar-refractivity contribution in [3.63, 3.8) is 0 Å². The molecule has 0 spiro atoms. The smallest absolute Gasteiger partial charge is 0.176 e. The number of Topliss-reactive ketones (excluding diaryl/α,β-unsaturated/α-hetero) is 1. The summed E-state index contributed by atoms with van der Waals surface area (Å²) < 4.78 is 0. The number of rotatable bonds is 5. The van der Waals surface area contributed by atoms with Crippen LogP contribution in [-0.2, 0) is 0 Å². The van der Waals surface area contributed by atoms with Crippen molar-refractivity contribution in [2.24, 2.45) is 5.92 Å². The van der Waals surface area contributed by atoms with Crippen molar-refractivity contribution in [1.82, 2.24) is 4.90 Å². The van der Waals surface area contributed by atoms with Gasteiger partial charge in [0.1, 0.15) is 11.5 Å². The maximum absolute atomic E-state index is 12.1. The van der Waals surface area contributed by atoms with Gasteiger partial charge in [-0.2, -0.15) is 0 Å². The first kappa shape index (κ1) is 14.6. The Kier molecular flexibility index (Phi) is 4.79. The van der Waals surface area contributed by atoms with Crippen molar-refractivity contribution in [3.05, 3.63) is 47.4 Å². The minimum absolute atomic E-state index is 0.101. The van der Waals surface area contributed by atoms with E-state index in [-0.39, 0.29) is 17.3 Å². The number of carbonyl (C=O) groups is 1. The molecule has 0 bridgehead atoms. The van der Waals surface area contributed by atoms with E-state index in [2.05, 4.69) is 0 Å². The third-order valence-corrected chi connectivity index (χ3v) is 3.68. The first-order chi connectivity index (χ1) is 9.56. The molecule has 0 amide bonds. The van der Waals surface area contributed by atoms with Gasteiger partial charge >= 0.3 is 0 Å². The van der Waals surface area contributed by atoms with Crippen LogP contribution in [0.1, 0.15) is 29.6 Å². The molecule has 4 nitrogen and oxygen atoms in total. The largest absolute Gasteiger partial charge is 0.509 e. The molecule has 2 N–H and O–H groups in total. The predicted octanol–water partition coefficient (Wildman–Crippen LogP) is 2.93. The molecule has 0 fully saturated rings. The Morgan fingerprint density at radius 3 is 2.60 bits per heavy atom. The maximum Gasteiger partial charge on any atom is 0.176 e. The predicted molar refractivity (Wildman–Crippen MR) is 77.9 cm³/mol. The second-order valence-corrected chi connectivity index (χ2v) is 5.49. The van der Waals surface area contributed by atoms with Gasteiger partial charge in [0, 0.05) is 24.9 Å². The fourth-order valence-electron chi connectivity index (χ4n) is 2.60. The van der Waals surface area contributed by atoms with Gasteiger partial charge in [0.2, 0.25) is 0 Å². The summed E-state index contributed by atoms with van der Waals surface area (Å²) in [6, 6.07) is 9.26. The van der Waals surface area contributed by atoms with Gasteiger partial charge < -0.3 is 10.2 Å². The lowest BCUT2D eigenvalue weighted by Gasteiger charge is -2.26. The molecule has 0 saturated carbocycles. The average molecular weight is 275 g/mol. The number of carbonyl (C=O) groups excluding carboxylic acids is 1. The SMILES string of the molecule is CN(CC(=O)c1ccccc1)CC1CCC(O)=C(O)C1. The van der Waals surface area contributed by atoms with E-state index in [1.165, 1.54) is 0 Å². The van der Waals surface area contributed by atoms with E-state index in [0.29, 0.717) is 25.3 Å². The summed E-state index contributed by atoms with van der Waals surface area (Å²) in [7, 11) is 1.91. The fraction of sp³-hybridized carbons (Fsp3) is 0.438. The number of ketones is 1. The monoisotopic (exact) mass is 275 g/mol. The molecule has 2 rings (SSSR count). The molecule has 4 heteroatoms. The van der Waals surface area contributed by atoms with Crippen LogP contribution in [0.2, 0.25) is 0 Å². The molecule has 108 valence electrons. The van der Waals surface area contributed by atoms with Gasteiger partial charge in [-0.25, -0.2) is 0 Å². The molecule has 0 saturated heterocycles. The van der Waals surface area contributed by atoms with Gasteiger partial charge in [-0.15, -0.1) is 0 Å². The molecule has 1 aliphatic carbocycles. The van der Waals surface area contributed by atoms with Crippen molar-refractivity contribution in [3.8, 4) is 0 Å². The highest BCUT2D eigenvalue weighted by Gasteiger charge is 2.22. The summed E-state index contributed by atoms with van der Waals surface area (Å²) >= 11 is 0. The number of aliphatic hydroxyl groups excluding tert-OH is 2. The molecule has 1 aliphatic rings. The van der Waals surface area contributed by atoms with Gasteiger partial charge in [0.25, 0.3) is 0 Å². The lowest BCUT2D eigenvalue weighted by Crippen LogP contribution is -2.32. The van der Waals surface area contributed by atoms with Gasteiger partial charge in [0.15, 0.2) is 5.78 Å². The van der Waals surface area contributed by atoms with E-state index in [1.54, 1.807) is 0 Å². The molecule has 1 aromatic rings. The van der Waals surface area contributed by atoms with Crippen LogP contribution in [0.4, 0.5) is 0 Å². The summed E-state index contributed by atoms with van der Waals surface area (Å²) in [5.74, 6) is 0.610. The zero-order valence-corrected chi connectivity index (χ0v) is 11.7. The normalized spacial score (nSPS) is 19.4. The minimum Gasteiger partial charge on any atom is -0.509 e. The molecular formula is C16H21NO3. The summed E-state index contributed by atoms with van der Waals surface area (Å²) in [5.41, 5.74) is 0.725. The number of benzene rings is 1. The number of likely N-dealkylation sites (N-methyl/N-ethyl adjacent to an activating group) is 1. The van der Waals surface area contributed by atoms with E-state index in [0.717, 1.165) is 18.5 Å². The van der Waals surface area contributed by atoms with E-state index in [9.17, 15) is 15.0 Å². The van der Waals surface area contributed by atoms with Crippen LogP contribution in [0.15, 0.2) is 41.9 Å². The lowest BCUT2D eigenvalue weighted by atomic mass is 9.91. The van der Waals surface area contributed by atoms with Crippen LogP contribution in [-0.4, -0.2) is 41.0 Å². The Morgan fingerprint density at radius 2 is 1.95 bits per heavy atom. The van der Waals surface area contributed by atoms with Gasteiger partial charge in [0.05, 0.1) is 6.54 Å². The van der Waals surface area contributed by atoms with E-state index < -0.39 is 0 Å². The van der Waals surface area contributed by atoms with Crippen LogP contribution < -0.4 is 0 Å².